The topological polar surface area (TPSA) is 137 Å². The van der Waals surface area contributed by atoms with Crippen LogP contribution in [0, 0.1) is 11.8 Å². The van der Waals surface area contributed by atoms with E-state index in [4.69, 9.17) is 0 Å². The summed E-state index contributed by atoms with van der Waals surface area (Å²) in [7, 11) is 1.85. The van der Waals surface area contributed by atoms with E-state index < -0.39 is 17.9 Å². The quantitative estimate of drug-likeness (QED) is 0.331. The lowest BCUT2D eigenvalue weighted by Gasteiger charge is -2.22. The van der Waals surface area contributed by atoms with E-state index in [0.717, 1.165) is 17.0 Å². The van der Waals surface area contributed by atoms with Crippen LogP contribution in [0.25, 0.3) is 0 Å². The van der Waals surface area contributed by atoms with E-state index in [0.29, 0.717) is 12.1 Å². The Kier molecular flexibility index (Phi) is 10.2. The van der Waals surface area contributed by atoms with Gasteiger partial charge in [-0.05, 0) is 37.1 Å². The molecule has 2 atom stereocenters. The summed E-state index contributed by atoms with van der Waals surface area (Å²) < 4.78 is 0. The number of benzene rings is 1. The van der Waals surface area contributed by atoms with Crippen LogP contribution in [-0.2, 0) is 30.5 Å². The SMILES string of the molecule is CCC1CC(=O)N(CCC(=O)N[C@H](C(=O)NCC(=O)Nc2ccc(CNC)cc2)C(C)C)C1=O. The third-order valence-electron chi connectivity index (χ3n) is 5.70. The van der Waals surface area contributed by atoms with Crippen LogP contribution in [0.5, 0.6) is 0 Å². The van der Waals surface area contributed by atoms with Gasteiger partial charge in [-0.3, -0.25) is 28.9 Å². The molecule has 2 rings (SSSR count). The molecule has 1 heterocycles. The Morgan fingerprint density at radius 3 is 2.32 bits per heavy atom. The van der Waals surface area contributed by atoms with Crippen molar-refractivity contribution in [2.24, 2.45) is 11.8 Å². The molecule has 0 bridgehead atoms. The zero-order valence-electron chi connectivity index (χ0n) is 20.3. The van der Waals surface area contributed by atoms with E-state index >= 15 is 0 Å². The number of nitrogens with zero attached hydrogens (tertiary/aromatic N) is 1. The lowest BCUT2D eigenvalue weighted by Crippen LogP contribution is -2.51. The van der Waals surface area contributed by atoms with Gasteiger partial charge in [0.15, 0.2) is 0 Å². The molecule has 1 fully saturated rings. The minimum Gasteiger partial charge on any atom is -0.345 e. The predicted molar refractivity (Wildman–Crippen MR) is 127 cm³/mol. The van der Waals surface area contributed by atoms with Crippen LogP contribution >= 0.6 is 0 Å². The summed E-state index contributed by atoms with van der Waals surface area (Å²) in [6.07, 6.45) is 0.669. The molecule has 5 amide bonds. The molecule has 1 aliphatic heterocycles. The summed E-state index contributed by atoms with van der Waals surface area (Å²) in [5.41, 5.74) is 1.69. The molecule has 10 nitrogen and oxygen atoms in total. The number of carbonyl (C=O) groups excluding carboxylic acids is 5. The fourth-order valence-corrected chi connectivity index (χ4v) is 3.69. The number of amides is 5. The highest BCUT2D eigenvalue weighted by Gasteiger charge is 2.37. The summed E-state index contributed by atoms with van der Waals surface area (Å²) in [6, 6.07) is 6.49. The molecule has 1 unspecified atom stereocenters. The largest absolute Gasteiger partial charge is 0.345 e. The highest BCUT2D eigenvalue weighted by Crippen LogP contribution is 2.22. The lowest BCUT2D eigenvalue weighted by atomic mass is 10.0. The highest BCUT2D eigenvalue weighted by molar-refractivity contribution is 6.03. The summed E-state index contributed by atoms with van der Waals surface area (Å²) in [5.74, 6) is -2.39. The maximum Gasteiger partial charge on any atom is 0.243 e. The number of anilines is 1. The highest BCUT2D eigenvalue weighted by atomic mass is 16.2. The molecule has 10 heteroatoms. The minimum absolute atomic E-state index is 0.0120. The average Bonchev–Trinajstić information content (AvgIpc) is 3.08. The summed E-state index contributed by atoms with van der Waals surface area (Å²) in [4.78, 5) is 62.5. The zero-order valence-corrected chi connectivity index (χ0v) is 20.3. The van der Waals surface area contributed by atoms with Gasteiger partial charge in [-0.25, -0.2) is 0 Å². The van der Waals surface area contributed by atoms with Crippen LogP contribution in [0.15, 0.2) is 24.3 Å². The maximum atomic E-state index is 12.6. The number of imide groups is 1. The van der Waals surface area contributed by atoms with Gasteiger partial charge >= 0.3 is 0 Å². The van der Waals surface area contributed by atoms with Gasteiger partial charge in [0.05, 0.1) is 6.54 Å². The van der Waals surface area contributed by atoms with Crippen LogP contribution in [0.3, 0.4) is 0 Å². The van der Waals surface area contributed by atoms with Gasteiger partial charge in [0.25, 0.3) is 0 Å². The molecular weight excluding hydrogens is 438 g/mol. The van der Waals surface area contributed by atoms with Gasteiger partial charge in [-0.15, -0.1) is 0 Å². The van der Waals surface area contributed by atoms with Gasteiger partial charge in [0, 0.05) is 37.5 Å². The van der Waals surface area contributed by atoms with Gasteiger partial charge in [-0.2, -0.15) is 0 Å². The fraction of sp³-hybridized carbons (Fsp3) is 0.542. The molecule has 1 saturated heterocycles. The maximum absolute atomic E-state index is 12.6. The first kappa shape index (κ1) is 27.0. The second kappa shape index (κ2) is 12.8. The lowest BCUT2D eigenvalue weighted by molar-refractivity contribution is -0.140. The number of likely N-dealkylation sites (tertiary alicyclic amines) is 1. The molecular formula is C24H35N5O5. The van der Waals surface area contributed by atoms with Crippen LogP contribution in [-0.4, -0.2) is 60.6 Å². The van der Waals surface area contributed by atoms with Crippen molar-refractivity contribution in [2.45, 2.75) is 52.6 Å². The molecule has 0 spiro atoms. The predicted octanol–water partition coefficient (Wildman–Crippen LogP) is 0.777. The van der Waals surface area contributed by atoms with E-state index in [2.05, 4.69) is 21.3 Å². The second-order valence-corrected chi connectivity index (χ2v) is 8.73. The van der Waals surface area contributed by atoms with E-state index in [-0.39, 0.29) is 55.5 Å². The molecule has 1 aromatic rings. The molecule has 34 heavy (non-hydrogen) atoms. The standard InChI is InChI=1S/C24H35N5O5/c1-5-17-12-21(32)29(24(17)34)11-10-19(30)28-22(15(2)3)23(33)26-14-20(31)27-18-8-6-16(7-9-18)13-25-4/h6-9,15,17,22,25H,5,10-14H2,1-4H3,(H,26,33)(H,27,31)(H,28,30)/t17?,22-/m0/s1. The van der Waals surface area contributed by atoms with Crippen molar-refractivity contribution in [1.82, 2.24) is 20.9 Å². The Bertz CT molecular complexity index is 900. The summed E-state index contributed by atoms with van der Waals surface area (Å²) in [5, 5.41) is 11.0. The van der Waals surface area contributed by atoms with Crippen molar-refractivity contribution in [3.8, 4) is 0 Å². The van der Waals surface area contributed by atoms with Crippen molar-refractivity contribution < 1.29 is 24.0 Å². The van der Waals surface area contributed by atoms with Crippen molar-refractivity contribution in [2.75, 3.05) is 25.5 Å². The first-order valence-corrected chi connectivity index (χ1v) is 11.6. The van der Waals surface area contributed by atoms with Crippen molar-refractivity contribution in [1.29, 1.82) is 0 Å². The number of carbonyl (C=O) groups is 5. The van der Waals surface area contributed by atoms with E-state index in [9.17, 15) is 24.0 Å². The Labute approximate surface area is 200 Å². The normalized spacial score (nSPS) is 16.5. The van der Waals surface area contributed by atoms with Crippen molar-refractivity contribution in [3.05, 3.63) is 29.8 Å². The summed E-state index contributed by atoms with van der Waals surface area (Å²) in [6.45, 7) is 5.86. The first-order chi connectivity index (χ1) is 16.2. The third-order valence-corrected chi connectivity index (χ3v) is 5.70. The van der Waals surface area contributed by atoms with Crippen molar-refractivity contribution in [3.63, 3.8) is 0 Å². The molecule has 0 radical (unpaired) electrons. The molecule has 1 aromatic carbocycles. The zero-order chi connectivity index (χ0) is 25.3. The number of hydrogen-bond donors (Lipinski definition) is 4. The van der Waals surface area contributed by atoms with E-state index in [1.54, 1.807) is 26.0 Å². The van der Waals surface area contributed by atoms with Crippen LogP contribution in [0.4, 0.5) is 5.69 Å². The Balaban J connectivity index is 1.81. The van der Waals surface area contributed by atoms with Crippen LogP contribution < -0.4 is 21.3 Å². The average molecular weight is 474 g/mol. The second-order valence-electron chi connectivity index (χ2n) is 8.73. The molecule has 0 aromatic heterocycles. The molecule has 1 aliphatic rings. The van der Waals surface area contributed by atoms with E-state index in [1.165, 1.54) is 0 Å². The summed E-state index contributed by atoms with van der Waals surface area (Å²) >= 11 is 0. The smallest absolute Gasteiger partial charge is 0.243 e. The molecule has 0 aliphatic carbocycles. The number of nitrogens with one attached hydrogen (secondary N) is 4. The first-order valence-electron chi connectivity index (χ1n) is 11.6. The van der Waals surface area contributed by atoms with Gasteiger partial charge in [0.1, 0.15) is 6.04 Å². The Hall–Kier alpha value is -3.27. The minimum atomic E-state index is -0.852. The van der Waals surface area contributed by atoms with Crippen LogP contribution in [0.1, 0.15) is 45.6 Å². The van der Waals surface area contributed by atoms with Crippen molar-refractivity contribution >= 4 is 35.2 Å². The molecule has 186 valence electrons. The third kappa shape index (κ3) is 7.65. The number of hydrogen-bond acceptors (Lipinski definition) is 6. The Morgan fingerprint density at radius 1 is 1.09 bits per heavy atom. The monoisotopic (exact) mass is 473 g/mol. The Morgan fingerprint density at radius 2 is 1.76 bits per heavy atom. The molecule has 4 N–H and O–H groups in total. The van der Waals surface area contributed by atoms with Gasteiger partial charge in [0.2, 0.25) is 29.5 Å². The van der Waals surface area contributed by atoms with E-state index in [1.807, 2.05) is 26.1 Å². The van der Waals surface area contributed by atoms with Gasteiger partial charge in [-0.1, -0.05) is 32.9 Å². The number of rotatable bonds is 12. The van der Waals surface area contributed by atoms with Gasteiger partial charge < -0.3 is 21.3 Å². The fourth-order valence-electron chi connectivity index (χ4n) is 3.69. The van der Waals surface area contributed by atoms with Crippen LogP contribution in [0.2, 0.25) is 0 Å². The molecule has 0 saturated carbocycles.